The number of ketones is 1. The van der Waals surface area contributed by atoms with Gasteiger partial charge in [-0.15, -0.1) is 0 Å². The Balaban J connectivity index is 1.94. The van der Waals surface area contributed by atoms with Gasteiger partial charge in [0.2, 0.25) is 10.0 Å². The van der Waals surface area contributed by atoms with Gasteiger partial charge in [-0.05, 0) is 53.8 Å². The third-order valence-electron chi connectivity index (χ3n) is 4.76. The minimum Gasteiger partial charge on any atom is -0.493 e. The Morgan fingerprint density at radius 1 is 1.21 bits per heavy atom. The summed E-state index contributed by atoms with van der Waals surface area (Å²) in [7, 11) is -2.39. The number of Topliss-reactive ketones (excluding diaryl/α,β-unsaturated/α-hetero) is 1. The molecule has 154 valence electrons. The smallest absolute Gasteiger partial charge is 0.255 e. The normalized spacial score (nSPS) is 17.8. The summed E-state index contributed by atoms with van der Waals surface area (Å²) in [6, 6.07) is 11.3. The maximum atomic E-state index is 13.2. The van der Waals surface area contributed by atoms with Crippen LogP contribution < -0.4 is 10.1 Å². The summed E-state index contributed by atoms with van der Waals surface area (Å²) >= 11 is 1.91. The Morgan fingerprint density at radius 2 is 1.90 bits per heavy atom. The van der Waals surface area contributed by atoms with Gasteiger partial charge in [0.05, 0.1) is 21.3 Å². The second-order valence-corrected chi connectivity index (χ2v) is 9.67. The largest absolute Gasteiger partial charge is 0.493 e. The van der Waals surface area contributed by atoms with E-state index in [1.54, 1.807) is 31.2 Å². The van der Waals surface area contributed by atoms with Crippen molar-refractivity contribution in [2.45, 2.75) is 30.7 Å². The molecule has 1 N–H and O–H groups in total. The average Bonchev–Trinajstić information content (AvgIpc) is 2.68. The van der Waals surface area contributed by atoms with Crippen LogP contribution in [0.15, 0.2) is 47.4 Å². The zero-order valence-electron chi connectivity index (χ0n) is 16.0. The van der Waals surface area contributed by atoms with Gasteiger partial charge < -0.3 is 10.1 Å². The Hall–Kier alpha value is -1.98. The van der Waals surface area contributed by atoms with E-state index in [9.17, 15) is 18.0 Å². The van der Waals surface area contributed by atoms with Crippen LogP contribution >= 0.6 is 22.6 Å². The number of nitrogens with zero attached hydrogens (tertiary/aromatic N) is 1. The maximum absolute atomic E-state index is 13.2. The highest BCUT2D eigenvalue weighted by Crippen LogP contribution is 2.37. The maximum Gasteiger partial charge on any atom is 0.255 e. The monoisotopic (exact) mass is 528 g/mol. The third-order valence-corrected chi connectivity index (χ3v) is 8.26. The number of amides is 1. The molecule has 0 saturated carbocycles. The summed E-state index contributed by atoms with van der Waals surface area (Å²) in [6.45, 7) is 1.89. The molecule has 2 aromatic rings. The summed E-state index contributed by atoms with van der Waals surface area (Å²) in [5.41, 5.74) is 0.861. The lowest BCUT2D eigenvalue weighted by Gasteiger charge is -2.32. The molecule has 0 aromatic heterocycles. The summed E-state index contributed by atoms with van der Waals surface area (Å²) < 4.78 is 33.6. The van der Waals surface area contributed by atoms with Crippen LogP contribution in [0.2, 0.25) is 0 Å². The lowest BCUT2D eigenvalue weighted by Crippen LogP contribution is -2.44. The number of nitrogens with one attached hydrogen (secondary N) is 1. The first kappa shape index (κ1) is 21.7. The van der Waals surface area contributed by atoms with Gasteiger partial charge >= 0.3 is 0 Å². The fourth-order valence-corrected chi connectivity index (χ4v) is 6.51. The molecule has 1 aliphatic heterocycles. The molecule has 0 spiro atoms. The molecule has 1 atom stereocenters. The Bertz CT molecular complexity index is 1040. The van der Waals surface area contributed by atoms with Crippen LogP contribution in [0.25, 0.3) is 0 Å². The fourth-order valence-electron chi connectivity index (χ4n) is 3.29. The van der Waals surface area contributed by atoms with Crippen molar-refractivity contribution < 1.29 is 22.7 Å². The molecule has 1 fully saturated rings. The number of hydrogen-bond donors (Lipinski definition) is 1. The molecule has 1 aliphatic rings. The van der Waals surface area contributed by atoms with Gasteiger partial charge in [0.15, 0.2) is 5.75 Å². The number of carbonyl (C=O) groups excluding carboxylic acids is 2. The number of ether oxygens (including phenoxy) is 1. The van der Waals surface area contributed by atoms with Gasteiger partial charge in [-0.2, -0.15) is 4.31 Å². The molecular formula is C20H21IN2O5S. The average molecular weight is 528 g/mol. The predicted octanol–water partition coefficient (Wildman–Crippen LogP) is 3.29. The summed E-state index contributed by atoms with van der Waals surface area (Å²) in [5.74, 6) is 0.0189. The van der Waals surface area contributed by atoms with Gasteiger partial charge in [0.1, 0.15) is 5.78 Å². The molecule has 29 heavy (non-hydrogen) atoms. The first-order valence-electron chi connectivity index (χ1n) is 9.02. The number of halogens is 1. The van der Waals surface area contributed by atoms with Crippen molar-refractivity contribution in [3.05, 3.63) is 51.6 Å². The standard InChI is InChI=1S/C20H21IN2O5S/c1-13-12-15(24)10-11-23(13)29(26,27)17-9-8-16(19(28-2)18(17)21)22-20(25)14-6-4-3-5-7-14/h3-9,13H,10-12H2,1-2H3,(H,22,25). The zero-order chi connectivity index (χ0) is 21.2. The van der Waals surface area contributed by atoms with E-state index in [1.165, 1.54) is 23.5 Å². The van der Waals surface area contributed by atoms with Gasteiger partial charge in [-0.25, -0.2) is 8.42 Å². The molecule has 7 nitrogen and oxygen atoms in total. The lowest BCUT2D eigenvalue weighted by molar-refractivity contribution is -0.121. The number of benzene rings is 2. The van der Waals surface area contributed by atoms with Crippen LogP contribution in [0.5, 0.6) is 5.75 Å². The van der Waals surface area contributed by atoms with Crippen LogP contribution in [0.4, 0.5) is 5.69 Å². The number of piperidine rings is 1. The van der Waals surface area contributed by atoms with Crippen LogP contribution in [-0.4, -0.2) is 44.1 Å². The van der Waals surface area contributed by atoms with Crippen molar-refractivity contribution in [2.24, 2.45) is 0 Å². The Kier molecular flexibility index (Phi) is 6.59. The number of anilines is 1. The quantitative estimate of drug-likeness (QED) is 0.602. The second kappa shape index (κ2) is 8.80. The Labute approximate surface area is 183 Å². The molecule has 1 unspecified atom stereocenters. The minimum absolute atomic E-state index is 0.0650. The molecule has 3 rings (SSSR count). The molecule has 1 saturated heterocycles. The van der Waals surface area contributed by atoms with E-state index in [0.717, 1.165) is 0 Å². The first-order valence-corrected chi connectivity index (χ1v) is 11.5. The highest BCUT2D eigenvalue weighted by Gasteiger charge is 2.35. The molecule has 0 radical (unpaired) electrons. The van der Waals surface area contributed by atoms with Crippen molar-refractivity contribution >= 4 is 50.0 Å². The highest BCUT2D eigenvalue weighted by molar-refractivity contribution is 14.1. The van der Waals surface area contributed by atoms with Crippen molar-refractivity contribution in [1.29, 1.82) is 0 Å². The predicted molar refractivity (Wildman–Crippen MR) is 118 cm³/mol. The summed E-state index contributed by atoms with van der Waals surface area (Å²) in [6.07, 6.45) is 0.417. The molecule has 1 amide bonds. The van der Waals surface area contributed by atoms with Gasteiger partial charge in [-0.3, -0.25) is 9.59 Å². The number of carbonyl (C=O) groups is 2. The third kappa shape index (κ3) is 4.46. The number of rotatable bonds is 5. The highest BCUT2D eigenvalue weighted by atomic mass is 127. The molecule has 2 aromatic carbocycles. The number of hydrogen-bond acceptors (Lipinski definition) is 5. The molecule has 9 heteroatoms. The van der Waals surface area contributed by atoms with E-state index in [0.29, 0.717) is 14.8 Å². The molecular weight excluding hydrogens is 507 g/mol. The van der Waals surface area contributed by atoms with E-state index in [4.69, 9.17) is 4.74 Å². The Morgan fingerprint density at radius 3 is 2.52 bits per heavy atom. The summed E-state index contributed by atoms with van der Waals surface area (Å²) in [4.78, 5) is 24.2. The van der Waals surface area contributed by atoms with Crippen LogP contribution in [0, 0.1) is 3.57 Å². The zero-order valence-corrected chi connectivity index (χ0v) is 19.0. The van der Waals surface area contributed by atoms with Crippen LogP contribution in [0.1, 0.15) is 30.1 Å². The van der Waals surface area contributed by atoms with Crippen LogP contribution in [-0.2, 0) is 14.8 Å². The minimum atomic E-state index is -3.81. The van der Waals surface area contributed by atoms with Crippen molar-refractivity contribution in [1.82, 2.24) is 4.31 Å². The lowest BCUT2D eigenvalue weighted by atomic mass is 10.1. The van der Waals surface area contributed by atoms with E-state index in [1.807, 2.05) is 28.7 Å². The number of methoxy groups -OCH3 is 1. The van der Waals surface area contributed by atoms with Crippen molar-refractivity contribution in [3.63, 3.8) is 0 Å². The first-order chi connectivity index (χ1) is 13.8. The SMILES string of the molecule is COc1c(NC(=O)c2ccccc2)ccc(S(=O)(=O)N2CCC(=O)CC2C)c1I. The molecule has 0 bridgehead atoms. The topological polar surface area (TPSA) is 92.8 Å². The van der Waals surface area contributed by atoms with E-state index in [-0.39, 0.29) is 41.7 Å². The number of sulfonamides is 1. The molecule has 0 aliphatic carbocycles. The fraction of sp³-hybridized carbons (Fsp3) is 0.300. The van der Waals surface area contributed by atoms with Crippen molar-refractivity contribution in [2.75, 3.05) is 19.0 Å². The van der Waals surface area contributed by atoms with Crippen molar-refractivity contribution in [3.8, 4) is 5.75 Å². The van der Waals surface area contributed by atoms with E-state index >= 15 is 0 Å². The van der Waals surface area contributed by atoms with E-state index < -0.39 is 16.1 Å². The second-order valence-electron chi connectivity index (χ2n) is 6.74. The van der Waals surface area contributed by atoms with Crippen LogP contribution in [0.3, 0.4) is 0 Å². The van der Waals surface area contributed by atoms with E-state index in [2.05, 4.69) is 5.32 Å². The molecule has 1 heterocycles. The van der Waals surface area contributed by atoms with Gasteiger partial charge in [0.25, 0.3) is 5.91 Å². The van der Waals surface area contributed by atoms with Gasteiger partial charge in [-0.1, -0.05) is 18.2 Å². The summed E-state index contributed by atoms with van der Waals surface area (Å²) in [5, 5.41) is 2.77. The van der Waals surface area contributed by atoms with Gasteiger partial charge in [0, 0.05) is 31.0 Å².